The third kappa shape index (κ3) is 4.51. The van der Waals surface area contributed by atoms with Crippen molar-refractivity contribution in [2.45, 2.75) is 25.1 Å². The molecular formula is C20H24N2O3S. The topological polar surface area (TPSA) is 57.7 Å². The Morgan fingerprint density at radius 3 is 2.19 bits per heavy atom. The Hall–Kier alpha value is -2.18. The lowest BCUT2D eigenvalue weighted by atomic mass is 10.1. The zero-order valence-corrected chi connectivity index (χ0v) is 15.8. The quantitative estimate of drug-likeness (QED) is 0.783. The summed E-state index contributed by atoms with van der Waals surface area (Å²) in [6.45, 7) is 1.76. The van der Waals surface area contributed by atoms with E-state index < -0.39 is 10.0 Å². The van der Waals surface area contributed by atoms with Gasteiger partial charge in [-0.3, -0.25) is 4.79 Å². The summed E-state index contributed by atoms with van der Waals surface area (Å²) in [5.74, 6) is -0.0933. The van der Waals surface area contributed by atoms with Gasteiger partial charge in [0.2, 0.25) is 10.0 Å². The van der Waals surface area contributed by atoms with E-state index in [1.807, 2.05) is 30.3 Å². The van der Waals surface area contributed by atoms with Crippen LogP contribution in [0, 0.1) is 0 Å². The Labute approximate surface area is 155 Å². The van der Waals surface area contributed by atoms with Gasteiger partial charge in [-0.25, -0.2) is 12.7 Å². The van der Waals surface area contributed by atoms with Gasteiger partial charge in [0.1, 0.15) is 0 Å². The molecule has 0 N–H and O–H groups in total. The molecule has 0 saturated carbocycles. The lowest BCUT2D eigenvalue weighted by molar-refractivity contribution is 0.0785. The van der Waals surface area contributed by atoms with E-state index in [9.17, 15) is 13.2 Å². The highest BCUT2D eigenvalue weighted by atomic mass is 32.2. The SMILES string of the molecule is CN(Cc1ccccc1)C(=O)c1ccc(CS(=O)(=O)N2CCCC2)cc1. The van der Waals surface area contributed by atoms with Crippen molar-refractivity contribution < 1.29 is 13.2 Å². The van der Waals surface area contributed by atoms with Gasteiger partial charge in [0.25, 0.3) is 5.91 Å². The molecule has 6 heteroatoms. The molecule has 5 nitrogen and oxygen atoms in total. The summed E-state index contributed by atoms with van der Waals surface area (Å²) >= 11 is 0. The van der Waals surface area contributed by atoms with Crippen LogP contribution in [0.1, 0.15) is 34.3 Å². The van der Waals surface area contributed by atoms with Crippen LogP contribution >= 0.6 is 0 Å². The molecular weight excluding hydrogens is 348 g/mol. The molecule has 0 bridgehead atoms. The minimum absolute atomic E-state index is 0.0126. The van der Waals surface area contributed by atoms with Crippen LogP contribution in [0.3, 0.4) is 0 Å². The second kappa shape index (κ2) is 8.01. The maximum absolute atomic E-state index is 12.6. The molecule has 1 amide bonds. The lowest BCUT2D eigenvalue weighted by Gasteiger charge is -2.18. The Kier molecular flexibility index (Phi) is 5.74. The molecule has 2 aromatic rings. The molecule has 0 radical (unpaired) electrons. The van der Waals surface area contributed by atoms with Gasteiger partial charge in [-0.05, 0) is 36.1 Å². The molecule has 0 spiro atoms. The van der Waals surface area contributed by atoms with Gasteiger partial charge < -0.3 is 4.90 Å². The van der Waals surface area contributed by atoms with E-state index in [-0.39, 0.29) is 11.7 Å². The number of sulfonamides is 1. The number of amides is 1. The van der Waals surface area contributed by atoms with E-state index in [2.05, 4.69) is 0 Å². The van der Waals surface area contributed by atoms with Crippen LogP contribution in [-0.4, -0.2) is 43.7 Å². The maximum atomic E-state index is 12.6. The van der Waals surface area contributed by atoms with Gasteiger partial charge in [-0.15, -0.1) is 0 Å². The van der Waals surface area contributed by atoms with E-state index >= 15 is 0 Å². The molecule has 1 aliphatic rings. The lowest BCUT2D eigenvalue weighted by Crippen LogP contribution is -2.29. The number of carbonyl (C=O) groups is 1. The smallest absolute Gasteiger partial charge is 0.253 e. The number of benzene rings is 2. The fourth-order valence-corrected chi connectivity index (χ4v) is 4.77. The van der Waals surface area contributed by atoms with Crippen molar-refractivity contribution in [3.8, 4) is 0 Å². The average Bonchev–Trinajstić information content (AvgIpc) is 3.18. The van der Waals surface area contributed by atoms with Crippen LogP contribution in [0.2, 0.25) is 0 Å². The standard InChI is InChI=1S/C20H24N2O3S/c1-21(15-17-7-3-2-4-8-17)20(23)19-11-9-18(10-12-19)16-26(24,25)22-13-5-6-14-22/h2-4,7-12H,5-6,13-16H2,1H3. The van der Waals surface area contributed by atoms with Gasteiger partial charge in [-0.1, -0.05) is 42.5 Å². The van der Waals surface area contributed by atoms with Crippen molar-refractivity contribution in [3.63, 3.8) is 0 Å². The van der Waals surface area contributed by atoms with Crippen LogP contribution in [0.15, 0.2) is 54.6 Å². The molecule has 1 heterocycles. The number of carbonyl (C=O) groups excluding carboxylic acids is 1. The van der Waals surface area contributed by atoms with Crippen molar-refractivity contribution in [2.75, 3.05) is 20.1 Å². The molecule has 1 fully saturated rings. The van der Waals surface area contributed by atoms with Crippen LogP contribution in [0.4, 0.5) is 0 Å². The zero-order chi connectivity index (χ0) is 18.6. The van der Waals surface area contributed by atoms with E-state index in [1.165, 1.54) is 0 Å². The van der Waals surface area contributed by atoms with Crippen molar-refractivity contribution in [1.82, 2.24) is 9.21 Å². The Morgan fingerprint density at radius 2 is 1.58 bits per heavy atom. The number of rotatable bonds is 6. The molecule has 26 heavy (non-hydrogen) atoms. The summed E-state index contributed by atoms with van der Waals surface area (Å²) in [6.07, 6.45) is 1.86. The monoisotopic (exact) mass is 372 g/mol. The first-order valence-electron chi connectivity index (χ1n) is 8.82. The Bertz CT molecular complexity index is 842. The first-order valence-corrected chi connectivity index (χ1v) is 10.4. The van der Waals surface area contributed by atoms with Crippen molar-refractivity contribution in [3.05, 3.63) is 71.3 Å². The third-order valence-corrected chi connectivity index (χ3v) is 6.47. The van der Waals surface area contributed by atoms with Gasteiger partial charge in [0, 0.05) is 32.2 Å². The predicted octanol–water partition coefficient (Wildman–Crippen LogP) is 2.88. The minimum Gasteiger partial charge on any atom is -0.337 e. The first-order chi connectivity index (χ1) is 12.5. The van der Waals surface area contributed by atoms with E-state index in [0.717, 1.165) is 18.4 Å². The molecule has 138 valence electrons. The van der Waals surface area contributed by atoms with Crippen LogP contribution < -0.4 is 0 Å². The van der Waals surface area contributed by atoms with Crippen molar-refractivity contribution in [1.29, 1.82) is 0 Å². The van der Waals surface area contributed by atoms with Crippen molar-refractivity contribution >= 4 is 15.9 Å². The predicted molar refractivity (Wildman–Crippen MR) is 102 cm³/mol. The highest BCUT2D eigenvalue weighted by molar-refractivity contribution is 7.88. The summed E-state index contributed by atoms with van der Waals surface area (Å²) in [6, 6.07) is 16.7. The van der Waals surface area contributed by atoms with Gasteiger partial charge in [0.05, 0.1) is 5.75 Å². The largest absolute Gasteiger partial charge is 0.337 e. The molecule has 2 aromatic carbocycles. The molecule has 0 unspecified atom stereocenters. The fraction of sp³-hybridized carbons (Fsp3) is 0.350. The van der Waals surface area contributed by atoms with Gasteiger partial charge >= 0.3 is 0 Å². The highest BCUT2D eigenvalue weighted by Crippen LogP contribution is 2.18. The summed E-state index contributed by atoms with van der Waals surface area (Å²) in [4.78, 5) is 14.2. The molecule has 0 atom stereocenters. The highest BCUT2D eigenvalue weighted by Gasteiger charge is 2.25. The normalized spacial score (nSPS) is 15.1. The Balaban J connectivity index is 1.64. The van der Waals surface area contributed by atoms with Crippen LogP contribution in [-0.2, 0) is 22.3 Å². The summed E-state index contributed by atoms with van der Waals surface area (Å²) in [7, 11) is -1.50. The fourth-order valence-electron chi connectivity index (χ4n) is 3.16. The van der Waals surface area contributed by atoms with E-state index in [1.54, 1.807) is 40.5 Å². The number of hydrogen-bond donors (Lipinski definition) is 0. The van der Waals surface area contributed by atoms with Gasteiger partial charge in [-0.2, -0.15) is 0 Å². The number of nitrogens with zero attached hydrogens (tertiary/aromatic N) is 2. The van der Waals surface area contributed by atoms with E-state index in [4.69, 9.17) is 0 Å². The summed E-state index contributed by atoms with van der Waals surface area (Å²) in [5, 5.41) is 0. The third-order valence-electron chi connectivity index (χ3n) is 4.62. The second-order valence-corrected chi connectivity index (χ2v) is 8.68. The average molecular weight is 372 g/mol. The Morgan fingerprint density at radius 1 is 0.962 bits per heavy atom. The molecule has 1 aliphatic heterocycles. The molecule has 0 aliphatic carbocycles. The minimum atomic E-state index is -3.27. The zero-order valence-electron chi connectivity index (χ0n) is 15.0. The molecule has 0 aromatic heterocycles. The maximum Gasteiger partial charge on any atom is 0.253 e. The van der Waals surface area contributed by atoms with Crippen LogP contribution in [0.25, 0.3) is 0 Å². The van der Waals surface area contributed by atoms with Crippen LogP contribution in [0.5, 0.6) is 0 Å². The summed E-state index contributed by atoms with van der Waals surface area (Å²) < 4.78 is 26.3. The number of hydrogen-bond acceptors (Lipinski definition) is 3. The molecule has 1 saturated heterocycles. The first kappa shape index (κ1) is 18.6. The van der Waals surface area contributed by atoms with E-state index in [0.29, 0.717) is 30.8 Å². The second-order valence-electron chi connectivity index (χ2n) is 6.71. The van der Waals surface area contributed by atoms with Gasteiger partial charge in [0.15, 0.2) is 0 Å². The summed E-state index contributed by atoms with van der Waals surface area (Å²) in [5.41, 5.74) is 2.33. The van der Waals surface area contributed by atoms with Crippen molar-refractivity contribution in [2.24, 2.45) is 0 Å². The molecule has 3 rings (SSSR count).